The molecule has 2 fully saturated rings. The zero-order chi connectivity index (χ0) is 17.1. The fourth-order valence-electron chi connectivity index (χ4n) is 3.88. The van der Waals surface area contributed by atoms with Gasteiger partial charge in [-0.05, 0) is 25.7 Å². The number of carbonyl (C=O) groups is 1. The van der Waals surface area contributed by atoms with E-state index >= 15 is 0 Å². The molecular weight excluding hydrogens is 328 g/mol. The lowest BCUT2D eigenvalue weighted by molar-refractivity contribution is -0.170. The second-order valence-electron chi connectivity index (χ2n) is 7.77. The molecule has 2 aliphatic carbocycles. The Morgan fingerprint density at radius 3 is 2.50 bits per heavy atom. The van der Waals surface area contributed by atoms with Crippen molar-refractivity contribution in [3.05, 3.63) is 0 Å². The van der Waals surface area contributed by atoms with Crippen LogP contribution in [0.15, 0.2) is 0 Å². The van der Waals surface area contributed by atoms with Gasteiger partial charge < -0.3 is 20.5 Å². The van der Waals surface area contributed by atoms with Gasteiger partial charge in [0, 0.05) is 25.0 Å². The van der Waals surface area contributed by atoms with E-state index in [0.29, 0.717) is 38.2 Å². The minimum Gasteiger partial charge on any atom is -0.378 e. The normalized spacial score (nSPS) is 34.8. The maximum Gasteiger partial charge on any atom is 0.240 e. The molecule has 24 heavy (non-hydrogen) atoms. The first-order chi connectivity index (χ1) is 10.8. The van der Waals surface area contributed by atoms with E-state index in [-0.39, 0.29) is 29.8 Å². The number of hydrogen-bond acceptors (Lipinski definition) is 4. The van der Waals surface area contributed by atoms with Gasteiger partial charge in [0.1, 0.15) is 5.54 Å². The van der Waals surface area contributed by atoms with Crippen molar-refractivity contribution >= 4 is 18.3 Å². The van der Waals surface area contributed by atoms with Gasteiger partial charge in [-0.3, -0.25) is 4.79 Å². The molecule has 142 valence electrons. The molecule has 0 bridgehead atoms. The van der Waals surface area contributed by atoms with Crippen molar-refractivity contribution in [1.82, 2.24) is 5.32 Å². The van der Waals surface area contributed by atoms with Crippen LogP contribution < -0.4 is 11.1 Å². The average Bonchev–Trinajstić information content (AvgIpc) is 2.52. The van der Waals surface area contributed by atoms with Gasteiger partial charge in [-0.1, -0.05) is 33.6 Å². The Morgan fingerprint density at radius 2 is 1.92 bits per heavy atom. The lowest BCUT2D eigenvalue weighted by Gasteiger charge is -2.57. The standard InChI is InChI=1S/C18H34N2O3.ClH/c1-5-22-15-12-18(19,17(15,3)4)16(21)20-10-11-23-14-9-7-6-8-13(14)2;/h13-15H,5-12,19H2,1-4H3,(H,20,21);1H. The molecule has 0 aliphatic heterocycles. The first kappa shape index (κ1) is 21.7. The van der Waals surface area contributed by atoms with Crippen LogP contribution in [-0.4, -0.2) is 43.4 Å². The largest absolute Gasteiger partial charge is 0.378 e. The molecule has 3 N–H and O–H groups in total. The van der Waals surface area contributed by atoms with E-state index in [0.717, 1.165) is 6.42 Å². The first-order valence-corrected chi connectivity index (χ1v) is 9.13. The minimum absolute atomic E-state index is 0. The molecule has 4 unspecified atom stereocenters. The van der Waals surface area contributed by atoms with Crippen molar-refractivity contribution in [3.63, 3.8) is 0 Å². The molecule has 2 rings (SSSR count). The monoisotopic (exact) mass is 362 g/mol. The molecule has 0 aromatic rings. The van der Waals surface area contributed by atoms with E-state index in [2.05, 4.69) is 12.2 Å². The third-order valence-corrected chi connectivity index (χ3v) is 5.99. The fraction of sp³-hybridized carbons (Fsp3) is 0.944. The van der Waals surface area contributed by atoms with Crippen LogP contribution in [0, 0.1) is 11.3 Å². The van der Waals surface area contributed by atoms with Crippen LogP contribution >= 0.6 is 12.4 Å². The van der Waals surface area contributed by atoms with E-state index in [1.54, 1.807) is 0 Å². The molecule has 2 aliphatic rings. The zero-order valence-corrected chi connectivity index (χ0v) is 16.4. The number of carbonyl (C=O) groups excluding carboxylic acids is 1. The Bertz CT molecular complexity index is 419. The molecule has 0 radical (unpaired) electrons. The van der Waals surface area contributed by atoms with Gasteiger partial charge in [0.25, 0.3) is 0 Å². The Kier molecular flexibility index (Phi) is 7.98. The second-order valence-corrected chi connectivity index (χ2v) is 7.77. The highest BCUT2D eigenvalue weighted by Crippen LogP contribution is 2.49. The second kappa shape index (κ2) is 8.84. The summed E-state index contributed by atoms with van der Waals surface area (Å²) in [5, 5.41) is 2.95. The summed E-state index contributed by atoms with van der Waals surface area (Å²) in [6, 6.07) is 0. The van der Waals surface area contributed by atoms with E-state index in [1.807, 2.05) is 20.8 Å². The zero-order valence-electron chi connectivity index (χ0n) is 15.6. The maximum atomic E-state index is 12.5. The first-order valence-electron chi connectivity index (χ1n) is 9.13. The fourth-order valence-corrected chi connectivity index (χ4v) is 3.88. The van der Waals surface area contributed by atoms with Crippen LogP contribution in [0.2, 0.25) is 0 Å². The Morgan fingerprint density at radius 1 is 1.25 bits per heavy atom. The predicted octanol–water partition coefficient (Wildman–Crippen LogP) is 2.65. The molecule has 0 aromatic carbocycles. The summed E-state index contributed by atoms with van der Waals surface area (Å²) in [6.07, 6.45) is 5.93. The van der Waals surface area contributed by atoms with Gasteiger partial charge in [0.05, 0.1) is 18.8 Å². The summed E-state index contributed by atoms with van der Waals surface area (Å²) in [7, 11) is 0. The summed E-state index contributed by atoms with van der Waals surface area (Å²) in [4.78, 5) is 12.5. The molecule has 6 heteroatoms. The van der Waals surface area contributed by atoms with E-state index in [9.17, 15) is 4.79 Å². The minimum atomic E-state index is -0.842. The molecule has 2 saturated carbocycles. The average molecular weight is 363 g/mol. The highest BCUT2D eigenvalue weighted by atomic mass is 35.5. The summed E-state index contributed by atoms with van der Waals surface area (Å²) in [5.41, 5.74) is 5.18. The Balaban J connectivity index is 0.00000288. The highest BCUT2D eigenvalue weighted by molar-refractivity contribution is 5.88. The van der Waals surface area contributed by atoms with Gasteiger partial charge in [0.15, 0.2) is 0 Å². The van der Waals surface area contributed by atoms with Crippen LogP contribution in [0.1, 0.15) is 59.8 Å². The topological polar surface area (TPSA) is 73.6 Å². The van der Waals surface area contributed by atoms with Gasteiger partial charge in [0.2, 0.25) is 5.91 Å². The van der Waals surface area contributed by atoms with Crippen LogP contribution in [0.25, 0.3) is 0 Å². The summed E-state index contributed by atoms with van der Waals surface area (Å²) < 4.78 is 11.6. The van der Waals surface area contributed by atoms with Crippen molar-refractivity contribution in [2.75, 3.05) is 19.8 Å². The van der Waals surface area contributed by atoms with E-state index in [1.165, 1.54) is 19.3 Å². The SMILES string of the molecule is CCOC1CC(N)(C(=O)NCCOC2CCCCC2C)C1(C)C.Cl. The highest BCUT2D eigenvalue weighted by Gasteiger charge is 2.62. The molecule has 4 atom stereocenters. The van der Waals surface area contributed by atoms with Crippen molar-refractivity contribution < 1.29 is 14.3 Å². The van der Waals surface area contributed by atoms with Crippen molar-refractivity contribution in [1.29, 1.82) is 0 Å². The van der Waals surface area contributed by atoms with Crippen LogP contribution in [-0.2, 0) is 14.3 Å². The third kappa shape index (κ3) is 4.24. The smallest absolute Gasteiger partial charge is 0.240 e. The number of ether oxygens (including phenoxy) is 2. The Hall–Kier alpha value is -0.360. The number of hydrogen-bond donors (Lipinski definition) is 2. The molecule has 0 saturated heterocycles. The summed E-state index contributed by atoms with van der Waals surface area (Å²) in [6.45, 7) is 9.98. The molecule has 0 heterocycles. The molecule has 5 nitrogen and oxygen atoms in total. The number of halogens is 1. The van der Waals surface area contributed by atoms with Gasteiger partial charge in [-0.25, -0.2) is 0 Å². The quantitative estimate of drug-likeness (QED) is 0.683. The van der Waals surface area contributed by atoms with E-state index in [4.69, 9.17) is 15.2 Å². The van der Waals surface area contributed by atoms with Crippen LogP contribution in [0.5, 0.6) is 0 Å². The molecule has 1 amide bonds. The lowest BCUT2D eigenvalue weighted by Crippen LogP contribution is -2.75. The van der Waals surface area contributed by atoms with E-state index < -0.39 is 5.54 Å². The summed E-state index contributed by atoms with van der Waals surface area (Å²) >= 11 is 0. The molecular formula is C18H35ClN2O3. The van der Waals surface area contributed by atoms with Crippen LogP contribution in [0.4, 0.5) is 0 Å². The summed E-state index contributed by atoms with van der Waals surface area (Å²) in [5.74, 6) is 0.538. The number of rotatable bonds is 7. The third-order valence-electron chi connectivity index (χ3n) is 5.99. The van der Waals surface area contributed by atoms with Gasteiger partial charge in [-0.2, -0.15) is 0 Å². The van der Waals surface area contributed by atoms with Crippen LogP contribution in [0.3, 0.4) is 0 Å². The van der Waals surface area contributed by atoms with Crippen molar-refractivity contribution in [2.45, 2.75) is 77.5 Å². The van der Waals surface area contributed by atoms with Crippen molar-refractivity contribution in [2.24, 2.45) is 17.1 Å². The number of nitrogens with two attached hydrogens (primary N) is 1. The number of nitrogens with one attached hydrogen (secondary N) is 1. The number of amides is 1. The molecule has 0 spiro atoms. The Labute approximate surface area is 152 Å². The van der Waals surface area contributed by atoms with Gasteiger partial charge in [-0.15, -0.1) is 12.4 Å². The van der Waals surface area contributed by atoms with Gasteiger partial charge >= 0.3 is 0 Å². The molecule has 0 aromatic heterocycles. The van der Waals surface area contributed by atoms with Crippen molar-refractivity contribution in [3.8, 4) is 0 Å². The maximum absolute atomic E-state index is 12.5. The lowest BCUT2D eigenvalue weighted by atomic mass is 9.54. The predicted molar refractivity (Wildman–Crippen MR) is 98.4 cm³/mol.